The molecule has 1 N–H and O–H groups in total. The van der Waals surface area contributed by atoms with Crippen molar-refractivity contribution >= 4 is 5.91 Å². The standard InChI is InChI=1S/C23H35N5O4/c1-15(2)11-19(24-16(3)29)23-26-25-22-7-8-27(9-10-28(22)23)14-18-20(31-5)12-17(30-4)13-21(18)32-6/h12-13,15,19H,7-11,14H2,1-6H3,(H,24,29)/t19-/m1/s1. The highest BCUT2D eigenvalue weighted by Crippen LogP contribution is 2.35. The highest BCUT2D eigenvalue weighted by Gasteiger charge is 2.26. The second kappa shape index (κ2) is 10.7. The first-order valence-electron chi connectivity index (χ1n) is 11.1. The SMILES string of the molecule is COc1cc(OC)c(CN2CCc3nnc([C@@H](CC(C)C)NC(C)=O)n3CC2)c(OC)c1. The van der Waals surface area contributed by atoms with Crippen molar-refractivity contribution in [3.05, 3.63) is 29.3 Å². The minimum Gasteiger partial charge on any atom is -0.496 e. The third-order valence-electron chi connectivity index (χ3n) is 5.74. The molecular formula is C23H35N5O4. The molecule has 3 rings (SSSR count). The molecule has 1 amide bonds. The summed E-state index contributed by atoms with van der Waals surface area (Å²) in [5.74, 6) is 4.35. The highest BCUT2D eigenvalue weighted by atomic mass is 16.5. The molecule has 0 fully saturated rings. The predicted molar refractivity (Wildman–Crippen MR) is 121 cm³/mol. The van der Waals surface area contributed by atoms with E-state index in [1.165, 1.54) is 0 Å². The van der Waals surface area contributed by atoms with Crippen LogP contribution in [0.5, 0.6) is 17.2 Å². The maximum atomic E-state index is 11.8. The molecule has 9 heteroatoms. The van der Waals surface area contributed by atoms with Crippen LogP contribution in [0.3, 0.4) is 0 Å². The molecule has 0 bridgehead atoms. The monoisotopic (exact) mass is 445 g/mol. The van der Waals surface area contributed by atoms with Crippen molar-refractivity contribution in [2.75, 3.05) is 34.4 Å². The molecule has 1 atom stereocenters. The Morgan fingerprint density at radius 1 is 1.06 bits per heavy atom. The number of rotatable bonds is 9. The number of nitrogens with one attached hydrogen (secondary N) is 1. The van der Waals surface area contributed by atoms with Crippen molar-refractivity contribution in [2.45, 2.75) is 52.7 Å². The molecule has 9 nitrogen and oxygen atoms in total. The third kappa shape index (κ3) is 5.51. The number of carbonyl (C=O) groups is 1. The minimum absolute atomic E-state index is 0.0538. The van der Waals surface area contributed by atoms with Crippen molar-refractivity contribution in [1.82, 2.24) is 25.0 Å². The van der Waals surface area contributed by atoms with Gasteiger partial charge in [-0.25, -0.2) is 0 Å². The number of methoxy groups -OCH3 is 3. The summed E-state index contributed by atoms with van der Waals surface area (Å²) in [6.45, 7) is 8.94. The van der Waals surface area contributed by atoms with Crippen molar-refractivity contribution < 1.29 is 19.0 Å². The van der Waals surface area contributed by atoms with Gasteiger partial charge in [0, 0.05) is 51.7 Å². The summed E-state index contributed by atoms with van der Waals surface area (Å²) in [6, 6.07) is 3.63. The molecule has 1 aliphatic heterocycles. The Balaban J connectivity index is 1.80. The van der Waals surface area contributed by atoms with E-state index in [1.807, 2.05) is 12.1 Å². The number of carbonyl (C=O) groups excluding carboxylic acids is 1. The first-order valence-corrected chi connectivity index (χ1v) is 11.1. The van der Waals surface area contributed by atoms with Crippen LogP contribution in [0.2, 0.25) is 0 Å². The Hall–Kier alpha value is -2.81. The molecule has 32 heavy (non-hydrogen) atoms. The largest absolute Gasteiger partial charge is 0.496 e. The number of fused-ring (bicyclic) bond motifs is 1. The van der Waals surface area contributed by atoms with Gasteiger partial charge in [0.1, 0.15) is 23.1 Å². The number of benzene rings is 1. The highest BCUT2D eigenvalue weighted by molar-refractivity contribution is 5.73. The third-order valence-corrected chi connectivity index (χ3v) is 5.74. The van der Waals surface area contributed by atoms with E-state index in [9.17, 15) is 4.79 Å². The lowest BCUT2D eigenvalue weighted by Gasteiger charge is -2.23. The van der Waals surface area contributed by atoms with E-state index < -0.39 is 0 Å². The maximum absolute atomic E-state index is 11.8. The van der Waals surface area contributed by atoms with Crippen LogP contribution in [-0.2, 0) is 24.3 Å². The summed E-state index contributed by atoms with van der Waals surface area (Å²) in [4.78, 5) is 14.1. The van der Waals surface area contributed by atoms with E-state index in [2.05, 4.69) is 38.8 Å². The van der Waals surface area contributed by atoms with Gasteiger partial charge in [-0.15, -0.1) is 10.2 Å². The Kier molecular flexibility index (Phi) is 7.95. The van der Waals surface area contributed by atoms with Gasteiger partial charge in [-0.2, -0.15) is 0 Å². The molecule has 2 aromatic rings. The second-order valence-corrected chi connectivity index (χ2v) is 8.55. The molecule has 1 aromatic carbocycles. The first kappa shape index (κ1) is 23.8. The summed E-state index contributed by atoms with van der Waals surface area (Å²) in [7, 11) is 4.94. The molecule has 0 unspecified atom stereocenters. The van der Waals surface area contributed by atoms with Gasteiger partial charge in [0.2, 0.25) is 5.91 Å². The second-order valence-electron chi connectivity index (χ2n) is 8.55. The fraction of sp³-hybridized carbons (Fsp3) is 0.609. The van der Waals surface area contributed by atoms with Gasteiger partial charge in [0.25, 0.3) is 0 Å². The Morgan fingerprint density at radius 3 is 2.31 bits per heavy atom. The number of amides is 1. The fourth-order valence-corrected chi connectivity index (χ4v) is 4.21. The van der Waals surface area contributed by atoms with E-state index >= 15 is 0 Å². The van der Waals surface area contributed by atoms with E-state index in [4.69, 9.17) is 14.2 Å². The van der Waals surface area contributed by atoms with Crippen molar-refractivity contribution in [3.63, 3.8) is 0 Å². The summed E-state index contributed by atoms with van der Waals surface area (Å²) >= 11 is 0. The molecule has 0 radical (unpaired) electrons. The van der Waals surface area contributed by atoms with Crippen LogP contribution in [0.4, 0.5) is 0 Å². The molecule has 1 aliphatic rings. The molecule has 0 saturated heterocycles. The zero-order chi connectivity index (χ0) is 23.3. The van der Waals surface area contributed by atoms with Crippen molar-refractivity contribution in [3.8, 4) is 17.2 Å². The van der Waals surface area contributed by atoms with Crippen LogP contribution in [0, 0.1) is 5.92 Å². The number of aromatic nitrogens is 3. The lowest BCUT2D eigenvalue weighted by atomic mass is 10.0. The molecule has 0 saturated carbocycles. The van der Waals surface area contributed by atoms with Gasteiger partial charge in [0.15, 0.2) is 5.82 Å². The molecule has 2 heterocycles. The van der Waals surface area contributed by atoms with Crippen LogP contribution >= 0.6 is 0 Å². The summed E-state index contributed by atoms with van der Waals surface area (Å²) < 4.78 is 18.8. The van der Waals surface area contributed by atoms with E-state index in [1.54, 1.807) is 28.3 Å². The molecule has 0 spiro atoms. The van der Waals surface area contributed by atoms with Gasteiger partial charge in [0.05, 0.1) is 32.9 Å². The maximum Gasteiger partial charge on any atom is 0.217 e. The van der Waals surface area contributed by atoms with Gasteiger partial charge >= 0.3 is 0 Å². The fourth-order valence-electron chi connectivity index (χ4n) is 4.21. The Morgan fingerprint density at radius 2 is 1.75 bits per heavy atom. The Bertz CT molecular complexity index is 902. The van der Waals surface area contributed by atoms with Crippen LogP contribution in [-0.4, -0.2) is 60.0 Å². The predicted octanol–water partition coefficient (Wildman–Crippen LogP) is 2.59. The quantitative estimate of drug-likeness (QED) is 0.634. The van der Waals surface area contributed by atoms with Crippen LogP contribution in [0.15, 0.2) is 12.1 Å². The molecule has 0 aliphatic carbocycles. The summed E-state index contributed by atoms with van der Waals surface area (Å²) in [6.07, 6.45) is 1.60. The summed E-state index contributed by atoms with van der Waals surface area (Å²) in [5, 5.41) is 12.0. The Labute approximate surface area is 190 Å². The number of ether oxygens (including phenoxy) is 3. The molecule has 176 valence electrons. The lowest BCUT2D eigenvalue weighted by molar-refractivity contribution is -0.119. The molecular weight excluding hydrogens is 410 g/mol. The number of nitrogens with zero attached hydrogens (tertiary/aromatic N) is 4. The van der Waals surface area contributed by atoms with E-state index in [-0.39, 0.29) is 11.9 Å². The summed E-state index contributed by atoms with van der Waals surface area (Å²) in [5.41, 5.74) is 0.990. The van der Waals surface area contributed by atoms with Crippen LogP contribution in [0.25, 0.3) is 0 Å². The van der Waals surface area contributed by atoms with Gasteiger partial charge in [-0.3, -0.25) is 9.69 Å². The topological polar surface area (TPSA) is 90.7 Å². The normalized spacial score (nSPS) is 15.1. The number of hydrogen-bond donors (Lipinski definition) is 1. The average molecular weight is 446 g/mol. The van der Waals surface area contributed by atoms with Gasteiger partial charge < -0.3 is 24.1 Å². The average Bonchev–Trinajstić information content (AvgIpc) is 3.06. The zero-order valence-electron chi connectivity index (χ0n) is 20.0. The van der Waals surface area contributed by atoms with Crippen molar-refractivity contribution in [2.24, 2.45) is 5.92 Å². The minimum atomic E-state index is -0.137. The van der Waals surface area contributed by atoms with Gasteiger partial charge in [-0.05, 0) is 12.3 Å². The van der Waals surface area contributed by atoms with E-state index in [0.29, 0.717) is 18.2 Å². The lowest BCUT2D eigenvalue weighted by Crippen LogP contribution is -2.31. The van der Waals surface area contributed by atoms with Crippen LogP contribution < -0.4 is 19.5 Å². The van der Waals surface area contributed by atoms with Crippen molar-refractivity contribution in [1.29, 1.82) is 0 Å². The first-order chi connectivity index (χ1) is 15.4. The van der Waals surface area contributed by atoms with E-state index in [0.717, 1.165) is 61.2 Å². The zero-order valence-corrected chi connectivity index (χ0v) is 20.0. The smallest absolute Gasteiger partial charge is 0.217 e. The van der Waals surface area contributed by atoms with Gasteiger partial charge in [-0.1, -0.05) is 13.8 Å². The molecule has 1 aromatic heterocycles. The number of hydrogen-bond acceptors (Lipinski definition) is 7. The van der Waals surface area contributed by atoms with Crippen LogP contribution in [0.1, 0.15) is 50.4 Å².